The number of hydrogen-bond donors (Lipinski definition) is 1. The average Bonchev–Trinajstić information content (AvgIpc) is 2.67. The first kappa shape index (κ1) is 14.3. The molecule has 2 N–H and O–H groups in total. The van der Waals surface area contributed by atoms with Crippen LogP contribution >= 0.6 is 0 Å². The Morgan fingerprint density at radius 1 is 0.760 bits per heavy atom. The van der Waals surface area contributed by atoms with Crippen LogP contribution in [-0.4, -0.2) is 0 Å². The Hall–Kier alpha value is -3.06. The van der Waals surface area contributed by atoms with E-state index in [9.17, 15) is 0 Å². The van der Waals surface area contributed by atoms with Crippen molar-refractivity contribution in [3.63, 3.8) is 0 Å². The molecule has 0 amide bonds. The van der Waals surface area contributed by atoms with Crippen LogP contribution in [0.5, 0.6) is 0 Å². The first-order valence-electron chi connectivity index (χ1n) is 8.82. The summed E-state index contributed by atoms with van der Waals surface area (Å²) in [6, 6.07) is 23.7. The van der Waals surface area contributed by atoms with Crippen molar-refractivity contribution in [2.75, 3.05) is 5.73 Å². The number of allylic oxidation sites excluding steroid dienone is 1. The molecule has 1 aliphatic carbocycles. The van der Waals surface area contributed by atoms with Crippen LogP contribution in [0.2, 0.25) is 0 Å². The topological polar surface area (TPSA) is 26.0 Å². The molecule has 4 aromatic carbocycles. The molecule has 0 atom stereocenters. The molecule has 0 aromatic heterocycles. The van der Waals surface area contributed by atoms with Crippen LogP contribution in [0.4, 0.5) is 5.69 Å². The van der Waals surface area contributed by atoms with Crippen molar-refractivity contribution in [3.05, 3.63) is 83.9 Å². The van der Waals surface area contributed by atoms with E-state index in [0.29, 0.717) is 0 Å². The average molecular weight is 321 g/mol. The molecule has 0 fully saturated rings. The minimum Gasteiger partial charge on any atom is -0.398 e. The van der Waals surface area contributed by atoms with E-state index < -0.39 is 0 Å². The first-order valence-corrected chi connectivity index (χ1v) is 8.82. The summed E-state index contributed by atoms with van der Waals surface area (Å²) in [7, 11) is 0. The molecular formula is C24H19N. The summed E-state index contributed by atoms with van der Waals surface area (Å²) in [5, 5.41) is 5.26. The van der Waals surface area contributed by atoms with Gasteiger partial charge in [0, 0.05) is 11.3 Å². The highest BCUT2D eigenvalue weighted by atomic mass is 14.6. The molecule has 5 rings (SSSR count). The van der Waals surface area contributed by atoms with E-state index in [4.69, 9.17) is 5.73 Å². The second kappa shape index (κ2) is 5.49. The quantitative estimate of drug-likeness (QED) is 0.328. The SMILES string of the molecule is Nc1ccccc1-c1cc2ccccc2c2ccc3c(c12)CCC=C3. The zero-order valence-electron chi connectivity index (χ0n) is 14.0. The van der Waals surface area contributed by atoms with Crippen molar-refractivity contribution in [3.8, 4) is 11.1 Å². The molecule has 0 heterocycles. The van der Waals surface area contributed by atoms with Gasteiger partial charge in [-0.2, -0.15) is 0 Å². The highest BCUT2D eigenvalue weighted by Crippen LogP contribution is 2.41. The third-order valence-electron chi connectivity index (χ3n) is 5.28. The van der Waals surface area contributed by atoms with Gasteiger partial charge in [0.15, 0.2) is 0 Å². The van der Waals surface area contributed by atoms with E-state index in [1.54, 1.807) is 0 Å². The first-order chi connectivity index (χ1) is 12.3. The Balaban J connectivity index is 2.01. The molecule has 1 nitrogen and oxygen atoms in total. The van der Waals surface area contributed by atoms with Crippen LogP contribution in [0.1, 0.15) is 17.5 Å². The predicted octanol–water partition coefficient (Wildman–Crippen LogP) is 6.20. The molecule has 0 unspecified atom stereocenters. The molecule has 120 valence electrons. The molecule has 0 saturated heterocycles. The standard InChI is InChI=1S/C24H19N/c25-23-12-6-5-11-20(23)22-15-17-8-2-3-9-18(17)21-14-13-16-7-1-4-10-19(16)24(21)22/h1-3,5-9,11-15H,4,10,25H2. The zero-order valence-corrected chi connectivity index (χ0v) is 14.0. The van der Waals surface area contributed by atoms with Gasteiger partial charge in [-0.3, -0.25) is 0 Å². The second-order valence-electron chi connectivity index (χ2n) is 6.73. The Labute approximate surface area is 147 Å². The summed E-state index contributed by atoms with van der Waals surface area (Å²) in [5.74, 6) is 0. The minimum absolute atomic E-state index is 0.836. The van der Waals surface area contributed by atoms with E-state index >= 15 is 0 Å². The number of fused-ring (bicyclic) bond motifs is 5. The fourth-order valence-corrected chi connectivity index (χ4v) is 4.11. The van der Waals surface area contributed by atoms with Gasteiger partial charge in [0.2, 0.25) is 0 Å². The fourth-order valence-electron chi connectivity index (χ4n) is 4.11. The predicted molar refractivity (Wildman–Crippen MR) is 109 cm³/mol. The third-order valence-corrected chi connectivity index (χ3v) is 5.28. The highest BCUT2D eigenvalue weighted by Gasteiger charge is 2.16. The van der Waals surface area contributed by atoms with Gasteiger partial charge >= 0.3 is 0 Å². The van der Waals surface area contributed by atoms with Crippen molar-refractivity contribution in [2.24, 2.45) is 0 Å². The third kappa shape index (κ3) is 2.16. The van der Waals surface area contributed by atoms with Crippen molar-refractivity contribution in [2.45, 2.75) is 12.8 Å². The summed E-state index contributed by atoms with van der Waals surface area (Å²) in [5.41, 5.74) is 12.3. The monoisotopic (exact) mass is 321 g/mol. The smallest absolute Gasteiger partial charge is 0.0393 e. The Morgan fingerprint density at radius 2 is 1.60 bits per heavy atom. The number of benzene rings is 4. The van der Waals surface area contributed by atoms with E-state index in [2.05, 4.69) is 66.7 Å². The molecule has 0 saturated carbocycles. The number of nitrogen functional groups attached to an aromatic ring is 1. The van der Waals surface area contributed by atoms with Crippen LogP contribution in [-0.2, 0) is 6.42 Å². The van der Waals surface area contributed by atoms with Gasteiger partial charge in [-0.1, -0.05) is 66.7 Å². The molecular weight excluding hydrogens is 302 g/mol. The number of aryl methyl sites for hydroxylation is 1. The van der Waals surface area contributed by atoms with Gasteiger partial charge in [0.05, 0.1) is 0 Å². The lowest BCUT2D eigenvalue weighted by atomic mass is 9.85. The molecule has 0 spiro atoms. The fraction of sp³-hybridized carbons (Fsp3) is 0.0833. The van der Waals surface area contributed by atoms with Crippen LogP contribution in [0.3, 0.4) is 0 Å². The Morgan fingerprint density at radius 3 is 2.52 bits per heavy atom. The number of hydrogen-bond acceptors (Lipinski definition) is 1. The molecule has 0 aliphatic heterocycles. The van der Waals surface area contributed by atoms with Crippen LogP contribution in [0.25, 0.3) is 38.7 Å². The van der Waals surface area contributed by atoms with Gasteiger partial charge in [-0.05, 0) is 63.2 Å². The Kier molecular flexibility index (Phi) is 3.14. The number of anilines is 1. The van der Waals surface area contributed by atoms with Crippen molar-refractivity contribution in [1.29, 1.82) is 0 Å². The number of rotatable bonds is 1. The van der Waals surface area contributed by atoms with Crippen molar-refractivity contribution in [1.82, 2.24) is 0 Å². The Bertz CT molecular complexity index is 1150. The highest BCUT2D eigenvalue weighted by molar-refractivity contribution is 6.16. The van der Waals surface area contributed by atoms with Crippen LogP contribution < -0.4 is 5.73 Å². The summed E-state index contributed by atoms with van der Waals surface area (Å²) < 4.78 is 0. The lowest BCUT2D eigenvalue weighted by Gasteiger charge is -2.19. The van der Waals surface area contributed by atoms with Gasteiger partial charge in [0.1, 0.15) is 0 Å². The summed E-state index contributed by atoms with van der Waals surface area (Å²) in [6.45, 7) is 0. The van der Waals surface area contributed by atoms with E-state index in [1.165, 1.54) is 38.2 Å². The van der Waals surface area contributed by atoms with Crippen molar-refractivity contribution < 1.29 is 0 Å². The normalized spacial score (nSPS) is 13.3. The summed E-state index contributed by atoms with van der Waals surface area (Å²) in [4.78, 5) is 0. The molecule has 1 heteroatoms. The molecule has 25 heavy (non-hydrogen) atoms. The molecule has 0 radical (unpaired) electrons. The zero-order chi connectivity index (χ0) is 16.8. The van der Waals surface area contributed by atoms with Gasteiger partial charge in [-0.15, -0.1) is 0 Å². The van der Waals surface area contributed by atoms with Gasteiger partial charge < -0.3 is 5.73 Å². The second-order valence-corrected chi connectivity index (χ2v) is 6.73. The lowest BCUT2D eigenvalue weighted by molar-refractivity contribution is 0.998. The minimum atomic E-state index is 0.836. The summed E-state index contributed by atoms with van der Waals surface area (Å²) >= 11 is 0. The van der Waals surface area contributed by atoms with Crippen LogP contribution in [0.15, 0.2) is 72.8 Å². The van der Waals surface area contributed by atoms with Crippen molar-refractivity contribution >= 4 is 33.3 Å². The summed E-state index contributed by atoms with van der Waals surface area (Å²) in [6.07, 6.45) is 6.71. The van der Waals surface area contributed by atoms with E-state index in [-0.39, 0.29) is 0 Å². The maximum Gasteiger partial charge on any atom is 0.0393 e. The van der Waals surface area contributed by atoms with E-state index in [1.807, 2.05) is 12.1 Å². The van der Waals surface area contributed by atoms with Gasteiger partial charge in [-0.25, -0.2) is 0 Å². The number of nitrogens with two attached hydrogens (primary N) is 1. The van der Waals surface area contributed by atoms with Gasteiger partial charge in [0.25, 0.3) is 0 Å². The molecule has 4 aromatic rings. The van der Waals surface area contributed by atoms with Crippen LogP contribution in [0, 0.1) is 0 Å². The maximum atomic E-state index is 6.35. The lowest BCUT2D eigenvalue weighted by Crippen LogP contribution is -1.99. The molecule has 0 bridgehead atoms. The maximum absolute atomic E-state index is 6.35. The molecule has 1 aliphatic rings. The number of para-hydroxylation sites is 1. The largest absolute Gasteiger partial charge is 0.398 e. The van der Waals surface area contributed by atoms with E-state index in [0.717, 1.165) is 24.1 Å².